The number of hydrogen-bond donors (Lipinski definition) is 1. The van der Waals surface area contributed by atoms with Crippen molar-refractivity contribution < 1.29 is 9.53 Å². The van der Waals surface area contributed by atoms with Crippen LogP contribution in [0.25, 0.3) is 0 Å². The second-order valence-corrected chi connectivity index (χ2v) is 6.16. The summed E-state index contributed by atoms with van der Waals surface area (Å²) in [6.45, 7) is 4.37. The lowest BCUT2D eigenvalue weighted by Gasteiger charge is -2.38. The zero-order valence-electron chi connectivity index (χ0n) is 10.6. The van der Waals surface area contributed by atoms with Gasteiger partial charge in [-0.15, -0.1) is 11.8 Å². The maximum absolute atomic E-state index is 11.7. The zero-order valence-corrected chi connectivity index (χ0v) is 11.5. The minimum atomic E-state index is 0.131. The largest absolute Gasteiger partial charge is 0.380 e. The summed E-state index contributed by atoms with van der Waals surface area (Å²) in [4.78, 5) is 12.9. The molecule has 3 nitrogen and oxygen atoms in total. The molecule has 0 radical (unpaired) electrons. The molecule has 0 aliphatic carbocycles. The summed E-state index contributed by atoms with van der Waals surface area (Å²) in [5.41, 5.74) is 0.155. The first-order valence-corrected chi connectivity index (χ1v) is 7.19. The molecule has 2 rings (SSSR count). The lowest BCUT2D eigenvalue weighted by Crippen LogP contribution is -2.48. The van der Waals surface area contributed by atoms with Crippen molar-refractivity contribution in [3.8, 4) is 0 Å². The quantitative estimate of drug-likeness (QED) is 0.802. The van der Waals surface area contributed by atoms with Crippen LogP contribution < -0.4 is 5.32 Å². The third-order valence-corrected chi connectivity index (χ3v) is 3.97. The van der Waals surface area contributed by atoms with Crippen molar-refractivity contribution >= 4 is 17.7 Å². The van der Waals surface area contributed by atoms with Gasteiger partial charge in [0.15, 0.2) is 0 Å². The fraction of sp³-hybridized carbons (Fsp3) is 0.500. The van der Waals surface area contributed by atoms with Gasteiger partial charge in [-0.2, -0.15) is 0 Å². The molecule has 1 N–H and O–H groups in total. The van der Waals surface area contributed by atoms with Gasteiger partial charge in [0.05, 0.1) is 13.2 Å². The predicted molar refractivity (Wildman–Crippen MR) is 73.7 cm³/mol. The fourth-order valence-corrected chi connectivity index (χ4v) is 2.60. The van der Waals surface area contributed by atoms with Crippen LogP contribution in [0.5, 0.6) is 0 Å². The van der Waals surface area contributed by atoms with Crippen molar-refractivity contribution in [3.05, 3.63) is 30.3 Å². The molecule has 0 aromatic heterocycles. The molecule has 0 saturated carbocycles. The summed E-state index contributed by atoms with van der Waals surface area (Å²) < 4.78 is 5.15. The SMILES string of the molecule is CC1(CNC(=O)CCSc2ccccc2)COC1. The predicted octanol–water partition coefficient (Wildman–Crippen LogP) is 2.32. The maximum atomic E-state index is 11.7. The van der Waals surface area contributed by atoms with Crippen LogP contribution in [0.1, 0.15) is 13.3 Å². The van der Waals surface area contributed by atoms with E-state index in [-0.39, 0.29) is 11.3 Å². The highest BCUT2D eigenvalue weighted by Crippen LogP contribution is 2.25. The van der Waals surface area contributed by atoms with E-state index in [1.807, 2.05) is 18.2 Å². The molecule has 1 aromatic rings. The number of nitrogens with one attached hydrogen (secondary N) is 1. The number of hydrogen-bond acceptors (Lipinski definition) is 3. The molecule has 0 bridgehead atoms. The van der Waals surface area contributed by atoms with E-state index in [0.717, 1.165) is 25.5 Å². The van der Waals surface area contributed by atoms with Gasteiger partial charge < -0.3 is 10.1 Å². The number of carbonyl (C=O) groups excluding carboxylic acids is 1. The normalized spacial score (nSPS) is 16.9. The molecule has 1 aliphatic rings. The number of rotatable bonds is 6. The van der Waals surface area contributed by atoms with Gasteiger partial charge in [0.1, 0.15) is 0 Å². The first kappa shape index (κ1) is 13.4. The number of thioether (sulfide) groups is 1. The Morgan fingerprint density at radius 1 is 1.39 bits per heavy atom. The van der Waals surface area contributed by atoms with Crippen LogP contribution in [-0.4, -0.2) is 31.4 Å². The van der Waals surface area contributed by atoms with Gasteiger partial charge >= 0.3 is 0 Å². The molecule has 1 heterocycles. The summed E-state index contributed by atoms with van der Waals surface area (Å²) >= 11 is 1.72. The first-order valence-electron chi connectivity index (χ1n) is 6.20. The van der Waals surface area contributed by atoms with Crippen molar-refractivity contribution in [1.82, 2.24) is 5.32 Å². The minimum absolute atomic E-state index is 0.131. The molecule has 1 saturated heterocycles. The van der Waals surface area contributed by atoms with Gasteiger partial charge in [0.25, 0.3) is 0 Å². The maximum Gasteiger partial charge on any atom is 0.220 e. The van der Waals surface area contributed by atoms with Crippen LogP contribution >= 0.6 is 11.8 Å². The highest BCUT2D eigenvalue weighted by molar-refractivity contribution is 7.99. The Hall–Kier alpha value is -1.00. The van der Waals surface area contributed by atoms with E-state index in [9.17, 15) is 4.79 Å². The van der Waals surface area contributed by atoms with E-state index >= 15 is 0 Å². The molecule has 98 valence electrons. The van der Waals surface area contributed by atoms with Crippen molar-refractivity contribution in [3.63, 3.8) is 0 Å². The topological polar surface area (TPSA) is 38.3 Å². The van der Waals surface area contributed by atoms with E-state index in [4.69, 9.17) is 4.74 Å². The lowest BCUT2D eigenvalue weighted by molar-refractivity contribution is -0.126. The third-order valence-electron chi connectivity index (χ3n) is 2.95. The molecule has 1 fully saturated rings. The van der Waals surface area contributed by atoms with Gasteiger partial charge in [-0.1, -0.05) is 25.1 Å². The van der Waals surface area contributed by atoms with Crippen LogP contribution in [0.2, 0.25) is 0 Å². The summed E-state index contributed by atoms with van der Waals surface area (Å²) in [5.74, 6) is 0.954. The Kier molecular flexibility index (Phi) is 4.66. The van der Waals surface area contributed by atoms with Gasteiger partial charge in [0.2, 0.25) is 5.91 Å². The number of ether oxygens (including phenoxy) is 1. The molecule has 1 aromatic carbocycles. The third kappa shape index (κ3) is 4.03. The molecule has 1 aliphatic heterocycles. The summed E-state index contributed by atoms with van der Waals surface area (Å²) in [5, 5.41) is 2.98. The summed E-state index contributed by atoms with van der Waals surface area (Å²) in [7, 11) is 0. The van der Waals surface area contributed by atoms with Crippen LogP contribution in [0, 0.1) is 5.41 Å². The van der Waals surface area contributed by atoms with E-state index < -0.39 is 0 Å². The number of amides is 1. The second-order valence-electron chi connectivity index (χ2n) is 4.99. The van der Waals surface area contributed by atoms with Gasteiger partial charge in [-0.25, -0.2) is 0 Å². The van der Waals surface area contributed by atoms with Gasteiger partial charge in [0, 0.05) is 29.0 Å². The first-order chi connectivity index (χ1) is 8.68. The molecule has 18 heavy (non-hydrogen) atoms. The highest BCUT2D eigenvalue weighted by Gasteiger charge is 2.33. The minimum Gasteiger partial charge on any atom is -0.380 e. The van der Waals surface area contributed by atoms with Crippen LogP contribution in [0.4, 0.5) is 0 Å². The molecule has 0 spiro atoms. The van der Waals surface area contributed by atoms with Gasteiger partial charge in [-0.3, -0.25) is 4.79 Å². The lowest BCUT2D eigenvalue weighted by atomic mass is 9.89. The average Bonchev–Trinajstić information content (AvgIpc) is 2.35. The van der Waals surface area contributed by atoms with Crippen LogP contribution in [0.15, 0.2) is 35.2 Å². The zero-order chi connectivity index (χ0) is 12.8. The Labute approximate surface area is 112 Å². The van der Waals surface area contributed by atoms with Gasteiger partial charge in [-0.05, 0) is 12.1 Å². The van der Waals surface area contributed by atoms with Crippen LogP contribution in [0.3, 0.4) is 0 Å². The van der Waals surface area contributed by atoms with E-state index in [0.29, 0.717) is 6.42 Å². The van der Waals surface area contributed by atoms with E-state index in [2.05, 4.69) is 24.4 Å². The number of carbonyl (C=O) groups is 1. The van der Waals surface area contributed by atoms with Crippen LogP contribution in [-0.2, 0) is 9.53 Å². The molecule has 1 amide bonds. The molecule has 4 heteroatoms. The standard InChI is InChI=1S/C14H19NO2S/c1-14(10-17-11-14)9-15-13(16)7-8-18-12-5-3-2-4-6-12/h2-6H,7-11H2,1H3,(H,15,16). The molecular formula is C14H19NO2S. The monoisotopic (exact) mass is 265 g/mol. The fourth-order valence-electron chi connectivity index (χ4n) is 1.73. The number of benzene rings is 1. The smallest absolute Gasteiger partial charge is 0.220 e. The van der Waals surface area contributed by atoms with Crippen molar-refractivity contribution in [2.45, 2.75) is 18.2 Å². The summed E-state index contributed by atoms with van der Waals surface area (Å²) in [6, 6.07) is 10.2. The summed E-state index contributed by atoms with van der Waals surface area (Å²) in [6.07, 6.45) is 0.566. The van der Waals surface area contributed by atoms with Crippen molar-refractivity contribution in [1.29, 1.82) is 0 Å². The van der Waals surface area contributed by atoms with E-state index in [1.54, 1.807) is 11.8 Å². The highest BCUT2D eigenvalue weighted by atomic mass is 32.2. The Balaban J connectivity index is 1.60. The Morgan fingerprint density at radius 2 is 2.11 bits per heavy atom. The Morgan fingerprint density at radius 3 is 2.72 bits per heavy atom. The van der Waals surface area contributed by atoms with E-state index in [1.165, 1.54) is 4.90 Å². The second kappa shape index (κ2) is 6.25. The average molecular weight is 265 g/mol. The molecule has 0 atom stereocenters. The van der Waals surface area contributed by atoms with Crippen molar-refractivity contribution in [2.24, 2.45) is 5.41 Å². The molecular weight excluding hydrogens is 246 g/mol. The Bertz CT molecular complexity index is 390. The van der Waals surface area contributed by atoms with Crippen molar-refractivity contribution in [2.75, 3.05) is 25.5 Å². The molecule has 0 unspecified atom stereocenters.